The third kappa shape index (κ3) is 8.93. The molecule has 0 aliphatic carbocycles. The predicted octanol–water partition coefficient (Wildman–Crippen LogP) is 3.76. The minimum Gasteiger partial charge on any atom is -0.317 e. The molecule has 0 atom stereocenters. The van der Waals surface area contributed by atoms with Crippen molar-refractivity contribution in [2.24, 2.45) is 0 Å². The van der Waals surface area contributed by atoms with E-state index in [-0.39, 0.29) is 0 Å². The fraction of sp³-hybridized carbons (Fsp3) is 1.00. The fourth-order valence-corrected chi connectivity index (χ4v) is 3.66. The number of unbranched alkanes of at least 4 members (excludes halogenated alkanes) is 3. The van der Waals surface area contributed by atoms with E-state index in [4.69, 9.17) is 0 Å². The zero-order valence-corrected chi connectivity index (χ0v) is 14.2. The summed E-state index contributed by atoms with van der Waals surface area (Å²) in [6.45, 7) is 13.3. The van der Waals surface area contributed by atoms with Gasteiger partial charge in [-0.05, 0) is 51.9 Å². The molecule has 1 saturated heterocycles. The number of rotatable bonds is 9. The van der Waals surface area contributed by atoms with Crippen molar-refractivity contribution in [1.29, 1.82) is 0 Å². The van der Waals surface area contributed by atoms with Crippen molar-refractivity contribution >= 4 is 11.8 Å². The maximum atomic E-state index is 3.48. The van der Waals surface area contributed by atoms with Gasteiger partial charge in [-0.3, -0.25) is 0 Å². The van der Waals surface area contributed by atoms with Crippen LogP contribution in [0.5, 0.6) is 0 Å². The summed E-state index contributed by atoms with van der Waals surface area (Å²) in [6.07, 6.45) is 8.13. The molecule has 0 aromatic heterocycles. The largest absolute Gasteiger partial charge is 0.317 e. The van der Waals surface area contributed by atoms with E-state index in [1.54, 1.807) is 0 Å². The van der Waals surface area contributed by atoms with E-state index in [0.717, 1.165) is 0 Å². The molecule has 1 N–H and O–H groups in total. The first-order valence-electron chi connectivity index (χ1n) is 8.21. The summed E-state index contributed by atoms with van der Waals surface area (Å²) in [5, 5.41) is 3.48. The Labute approximate surface area is 125 Å². The highest BCUT2D eigenvalue weighted by molar-refractivity contribution is 8.00. The van der Waals surface area contributed by atoms with Crippen LogP contribution in [0.1, 0.15) is 59.3 Å². The van der Waals surface area contributed by atoms with Gasteiger partial charge < -0.3 is 10.2 Å². The van der Waals surface area contributed by atoms with Gasteiger partial charge >= 0.3 is 0 Å². The number of nitrogens with zero attached hydrogens (tertiary/aromatic N) is 1. The second-order valence-electron chi connectivity index (χ2n) is 6.36. The Bertz CT molecular complexity index is 219. The fourth-order valence-electron chi connectivity index (χ4n) is 2.53. The molecular formula is C16H34N2S. The lowest BCUT2D eigenvalue weighted by molar-refractivity contribution is 0.277. The summed E-state index contributed by atoms with van der Waals surface area (Å²) >= 11 is 2.15. The molecule has 0 bridgehead atoms. The van der Waals surface area contributed by atoms with Gasteiger partial charge in [-0.2, -0.15) is 11.8 Å². The highest BCUT2D eigenvalue weighted by Gasteiger charge is 2.23. The lowest BCUT2D eigenvalue weighted by atomic mass is 10.1. The minimum absolute atomic E-state index is 0.500. The molecule has 0 amide bonds. The number of hydrogen-bond acceptors (Lipinski definition) is 3. The molecular weight excluding hydrogens is 252 g/mol. The Morgan fingerprint density at radius 3 is 2.63 bits per heavy atom. The van der Waals surface area contributed by atoms with Gasteiger partial charge in [0.15, 0.2) is 0 Å². The summed E-state index contributed by atoms with van der Waals surface area (Å²) in [7, 11) is 0. The second-order valence-corrected chi connectivity index (χ2v) is 8.17. The molecule has 1 aliphatic rings. The Morgan fingerprint density at radius 2 is 1.84 bits per heavy atom. The van der Waals surface area contributed by atoms with Crippen molar-refractivity contribution in [3.63, 3.8) is 0 Å². The van der Waals surface area contributed by atoms with Crippen LogP contribution in [0, 0.1) is 0 Å². The van der Waals surface area contributed by atoms with Gasteiger partial charge in [0.05, 0.1) is 0 Å². The van der Waals surface area contributed by atoms with Crippen LogP contribution in [0.3, 0.4) is 0 Å². The lowest BCUT2D eigenvalue weighted by Gasteiger charge is -2.22. The van der Waals surface area contributed by atoms with Crippen molar-refractivity contribution in [2.45, 2.75) is 64.0 Å². The van der Waals surface area contributed by atoms with Crippen LogP contribution in [0.15, 0.2) is 0 Å². The van der Waals surface area contributed by atoms with Crippen LogP contribution in [-0.2, 0) is 0 Å². The van der Waals surface area contributed by atoms with Gasteiger partial charge in [0, 0.05) is 17.0 Å². The van der Waals surface area contributed by atoms with E-state index in [2.05, 4.69) is 42.7 Å². The van der Waals surface area contributed by atoms with Crippen LogP contribution < -0.4 is 5.32 Å². The molecule has 1 fully saturated rings. The normalized spacial score (nSPS) is 20.4. The highest BCUT2D eigenvalue weighted by Crippen LogP contribution is 2.30. The molecule has 0 unspecified atom stereocenters. The SMILES string of the molecule is CCCNCCCCCCN1CCSC(C)(C)CC1. The van der Waals surface area contributed by atoms with Crippen LogP contribution in [0.2, 0.25) is 0 Å². The maximum absolute atomic E-state index is 3.48. The van der Waals surface area contributed by atoms with E-state index in [9.17, 15) is 0 Å². The van der Waals surface area contributed by atoms with E-state index in [1.165, 1.54) is 77.0 Å². The van der Waals surface area contributed by atoms with Crippen molar-refractivity contribution in [3.05, 3.63) is 0 Å². The quantitative estimate of drug-likeness (QED) is 0.650. The van der Waals surface area contributed by atoms with Gasteiger partial charge in [0.25, 0.3) is 0 Å². The first-order valence-corrected chi connectivity index (χ1v) is 9.19. The molecule has 0 spiro atoms. The second kappa shape index (κ2) is 10.1. The zero-order chi connectivity index (χ0) is 14.0. The summed E-state index contributed by atoms with van der Waals surface area (Å²) in [4.78, 5) is 2.68. The molecule has 114 valence electrons. The summed E-state index contributed by atoms with van der Waals surface area (Å²) in [6, 6.07) is 0. The van der Waals surface area contributed by atoms with Gasteiger partial charge in [0.1, 0.15) is 0 Å². The first kappa shape index (κ1) is 17.3. The molecule has 0 aromatic carbocycles. The van der Waals surface area contributed by atoms with Crippen molar-refractivity contribution in [2.75, 3.05) is 38.5 Å². The Morgan fingerprint density at radius 1 is 1.05 bits per heavy atom. The van der Waals surface area contributed by atoms with Gasteiger partial charge in [-0.15, -0.1) is 0 Å². The average Bonchev–Trinajstić information content (AvgIpc) is 2.54. The summed E-state index contributed by atoms with van der Waals surface area (Å²) in [5.74, 6) is 1.31. The molecule has 1 heterocycles. The molecule has 2 nitrogen and oxygen atoms in total. The topological polar surface area (TPSA) is 15.3 Å². The maximum Gasteiger partial charge on any atom is 0.0116 e. The zero-order valence-electron chi connectivity index (χ0n) is 13.3. The van der Waals surface area contributed by atoms with Crippen molar-refractivity contribution < 1.29 is 0 Å². The van der Waals surface area contributed by atoms with E-state index in [1.807, 2.05) is 0 Å². The summed E-state index contributed by atoms with van der Waals surface area (Å²) < 4.78 is 0.500. The van der Waals surface area contributed by atoms with Crippen LogP contribution in [-0.4, -0.2) is 48.1 Å². The Kier molecular flexibility index (Phi) is 9.17. The highest BCUT2D eigenvalue weighted by atomic mass is 32.2. The van der Waals surface area contributed by atoms with Crippen molar-refractivity contribution in [3.8, 4) is 0 Å². The monoisotopic (exact) mass is 286 g/mol. The minimum atomic E-state index is 0.500. The number of nitrogens with one attached hydrogen (secondary N) is 1. The summed E-state index contributed by atoms with van der Waals surface area (Å²) in [5.41, 5.74) is 0. The Balaban J connectivity index is 1.94. The van der Waals surface area contributed by atoms with Crippen LogP contribution >= 0.6 is 11.8 Å². The molecule has 19 heavy (non-hydrogen) atoms. The van der Waals surface area contributed by atoms with E-state index in [0.29, 0.717) is 4.75 Å². The molecule has 0 aromatic rings. The van der Waals surface area contributed by atoms with Crippen LogP contribution in [0.4, 0.5) is 0 Å². The lowest BCUT2D eigenvalue weighted by Crippen LogP contribution is -2.28. The smallest absolute Gasteiger partial charge is 0.0116 e. The van der Waals surface area contributed by atoms with Gasteiger partial charge in [-0.25, -0.2) is 0 Å². The van der Waals surface area contributed by atoms with E-state index < -0.39 is 0 Å². The third-order valence-corrected chi connectivity index (χ3v) is 5.31. The van der Waals surface area contributed by atoms with E-state index >= 15 is 0 Å². The molecule has 1 aliphatic heterocycles. The Hall–Kier alpha value is 0.270. The average molecular weight is 287 g/mol. The molecule has 1 rings (SSSR count). The molecule has 3 heteroatoms. The molecule has 0 radical (unpaired) electrons. The first-order chi connectivity index (χ1) is 9.14. The predicted molar refractivity (Wildman–Crippen MR) is 89.2 cm³/mol. The number of hydrogen-bond donors (Lipinski definition) is 1. The van der Waals surface area contributed by atoms with Gasteiger partial charge in [0.2, 0.25) is 0 Å². The number of thioether (sulfide) groups is 1. The van der Waals surface area contributed by atoms with Crippen molar-refractivity contribution in [1.82, 2.24) is 10.2 Å². The molecule has 0 saturated carbocycles. The van der Waals surface area contributed by atoms with Crippen LogP contribution in [0.25, 0.3) is 0 Å². The van der Waals surface area contributed by atoms with Gasteiger partial charge in [-0.1, -0.05) is 33.6 Å². The third-order valence-electron chi connectivity index (χ3n) is 3.94. The standard InChI is InChI=1S/C16H34N2S/c1-4-10-17-11-7-5-6-8-12-18-13-9-16(2,3)19-15-14-18/h17H,4-15H2,1-3H3.